The molecule has 1 atom stereocenters. The van der Waals surface area contributed by atoms with Crippen molar-refractivity contribution in [3.8, 4) is 0 Å². The maximum absolute atomic E-state index is 9.28. The molecule has 0 saturated heterocycles. The van der Waals surface area contributed by atoms with E-state index in [1.807, 2.05) is 6.92 Å². The van der Waals surface area contributed by atoms with E-state index < -0.39 is 0 Å². The van der Waals surface area contributed by atoms with Crippen LogP contribution in [0.15, 0.2) is 0 Å². The average molecular weight is 229 g/mol. The summed E-state index contributed by atoms with van der Waals surface area (Å²) in [6.45, 7) is 7.08. The molecule has 98 valence electrons. The molecule has 0 rings (SSSR count). The number of aliphatic hydroxyl groups excluding tert-OH is 1. The highest BCUT2D eigenvalue weighted by molar-refractivity contribution is 4.68. The first-order valence-corrected chi connectivity index (χ1v) is 7.12. The Morgan fingerprint density at radius 1 is 0.938 bits per heavy atom. The van der Waals surface area contributed by atoms with Gasteiger partial charge in [-0.05, 0) is 19.8 Å². The van der Waals surface area contributed by atoms with Gasteiger partial charge in [0.1, 0.15) is 0 Å². The first-order chi connectivity index (χ1) is 7.70. The fourth-order valence-electron chi connectivity index (χ4n) is 1.97. The zero-order valence-corrected chi connectivity index (χ0v) is 11.5. The molecular formula is C14H31NO. The Morgan fingerprint density at radius 2 is 1.44 bits per heavy atom. The van der Waals surface area contributed by atoms with Gasteiger partial charge >= 0.3 is 0 Å². The molecule has 0 heterocycles. The molecule has 0 radical (unpaired) electrons. The summed E-state index contributed by atoms with van der Waals surface area (Å²) in [5.74, 6) is 0. The van der Waals surface area contributed by atoms with Gasteiger partial charge in [-0.3, -0.25) is 0 Å². The Hall–Kier alpha value is -0.0800. The van der Waals surface area contributed by atoms with Gasteiger partial charge in [-0.1, -0.05) is 52.4 Å². The predicted octanol–water partition coefficient (Wildman–Crippen LogP) is 3.49. The van der Waals surface area contributed by atoms with Crippen molar-refractivity contribution in [1.82, 2.24) is 5.32 Å². The highest BCUT2D eigenvalue weighted by Gasteiger charge is 2.08. The van der Waals surface area contributed by atoms with E-state index in [2.05, 4.69) is 19.2 Å². The quantitative estimate of drug-likeness (QED) is 0.532. The molecule has 0 aliphatic heterocycles. The van der Waals surface area contributed by atoms with Gasteiger partial charge < -0.3 is 10.4 Å². The molecule has 0 aromatic carbocycles. The highest BCUT2D eigenvalue weighted by atomic mass is 16.3. The molecule has 0 aromatic heterocycles. The molecule has 1 unspecified atom stereocenters. The van der Waals surface area contributed by atoms with Gasteiger partial charge in [-0.2, -0.15) is 0 Å². The number of hydrogen-bond acceptors (Lipinski definition) is 2. The Morgan fingerprint density at radius 3 is 1.81 bits per heavy atom. The smallest absolute Gasteiger partial charge is 0.0636 e. The molecule has 0 amide bonds. The lowest BCUT2D eigenvalue weighted by molar-refractivity contribution is 0.183. The van der Waals surface area contributed by atoms with E-state index >= 15 is 0 Å². The fraction of sp³-hybridized carbons (Fsp3) is 1.00. The van der Waals surface area contributed by atoms with Crippen LogP contribution in [0.3, 0.4) is 0 Å². The van der Waals surface area contributed by atoms with Gasteiger partial charge in [0, 0.05) is 12.6 Å². The van der Waals surface area contributed by atoms with Gasteiger partial charge in [0.05, 0.1) is 6.10 Å². The third kappa shape index (κ3) is 10.4. The van der Waals surface area contributed by atoms with Crippen LogP contribution in [0.1, 0.15) is 72.1 Å². The third-order valence-corrected chi connectivity index (χ3v) is 3.01. The number of rotatable bonds is 11. The Balaban J connectivity index is 3.67. The standard InChI is InChI=1S/C14H31NO/c1-4-6-8-10-14(11-9-7-5-2)15-12-13(3)16/h13-16H,4-12H2,1-3H3. The SMILES string of the molecule is CCCCCC(CCCCC)NCC(C)O. The zero-order chi connectivity index (χ0) is 12.2. The summed E-state index contributed by atoms with van der Waals surface area (Å²) in [7, 11) is 0. The summed E-state index contributed by atoms with van der Waals surface area (Å²) in [5, 5.41) is 12.8. The lowest BCUT2D eigenvalue weighted by Crippen LogP contribution is -2.34. The van der Waals surface area contributed by atoms with Crippen molar-refractivity contribution >= 4 is 0 Å². The Kier molecular flexibility index (Phi) is 11.3. The van der Waals surface area contributed by atoms with Gasteiger partial charge in [-0.15, -0.1) is 0 Å². The van der Waals surface area contributed by atoms with Crippen LogP contribution in [-0.2, 0) is 0 Å². The van der Waals surface area contributed by atoms with Crippen molar-refractivity contribution in [2.45, 2.75) is 84.3 Å². The van der Waals surface area contributed by atoms with Crippen LogP contribution in [0.5, 0.6) is 0 Å². The minimum Gasteiger partial charge on any atom is -0.392 e. The van der Waals surface area contributed by atoms with Crippen molar-refractivity contribution in [2.24, 2.45) is 0 Å². The van der Waals surface area contributed by atoms with E-state index in [0.717, 1.165) is 6.54 Å². The zero-order valence-electron chi connectivity index (χ0n) is 11.5. The Bertz CT molecular complexity index is 127. The van der Waals surface area contributed by atoms with E-state index in [1.165, 1.54) is 51.4 Å². The van der Waals surface area contributed by atoms with Crippen LogP contribution in [0.25, 0.3) is 0 Å². The van der Waals surface area contributed by atoms with E-state index in [0.29, 0.717) is 6.04 Å². The molecule has 0 bridgehead atoms. The molecule has 0 aromatic rings. The summed E-state index contributed by atoms with van der Waals surface area (Å²) >= 11 is 0. The largest absolute Gasteiger partial charge is 0.392 e. The monoisotopic (exact) mass is 229 g/mol. The van der Waals surface area contributed by atoms with Gasteiger partial charge in [-0.25, -0.2) is 0 Å². The topological polar surface area (TPSA) is 32.3 Å². The predicted molar refractivity (Wildman–Crippen MR) is 71.8 cm³/mol. The second kappa shape index (κ2) is 11.4. The number of unbranched alkanes of at least 4 members (excludes halogenated alkanes) is 4. The highest BCUT2D eigenvalue weighted by Crippen LogP contribution is 2.10. The van der Waals surface area contributed by atoms with Crippen molar-refractivity contribution < 1.29 is 5.11 Å². The average Bonchev–Trinajstić information content (AvgIpc) is 2.25. The molecule has 2 N–H and O–H groups in total. The summed E-state index contributed by atoms with van der Waals surface area (Å²) in [5.41, 5.74) is 0. The number of aliphatic hydroxyl groups is 1. The summed E-state index contributed by atoms with van der Waals surface area (Å²) in [6.07, 6.45) is 10.2. The Labute approximate surface area is 102 Å². The minimum absolute atomic E-state index is 0.222. The summed E-state index contributed by atoms with van der Waals surface area (Å²) < 4.78 is 0. The molecule has 2 nitrogen and oxygen atoms in total. The molecule has 0 fully saturated rings. The molecule has 0 aliphatic carbocycles. The summed E-state index contributed by atoms with van der Waals surface area (Å²) in [4.78, 5) is 0. The lowest BCUT2D eigenvalue weighted by Gasteiger charge is -2.19. The van der Waals surface area contributed by atoms with E-state index in [9.17, 15) is 5.11 Å². The number of hydrogen-bond donors (Lipinski definition) is 2. The van der Waals surface area contributed by atoms with Crippen LogP contribution in [0.4, 0.5) is 0 Å². The first kappa shape index (κ1) is 15.9. The van der Waals surface area contributed by atoms with E-state index in [1.54, 1.807) is 0 Å². The molecule has 0 spiro atoms. The van der Waals surface area contributed by atoms with Crippen LogP contribution >= 0.6 is 0 Å². The van der Waals surface area contributed by atoms with Crippen LogP contribution in [-0.4, -0.2) is 23.8 Å². The summed E-state index contributed by atoms with van der Waals surface area (Å²) in [6, 6.07) is 0.618. The maximum atomic E-state index is 9.28. The van der Waals surface area contributed by atoms with E-state index in [-0.39, 0.29) is 6.10 Å². The minimum atomic E-state index is -0.222. The second-order valence-electron chi connectivity index (χ2n) is 4.95. The van der Waals surface area contributed by atoms with Crippen LogP contribution in [0, 0.1) is 0 Å². The molecular weight excluding hydrogens is 198 g/mol. The van der Waals surface area contributed by atoms with Crippen LogP contribution < -0.4 is 5.32 Å². The van der Waals surface area contributed by atoms with Crippen LogP contribution in [0.2, 0.25) is 0 Å². The number of nitrogens with one attached hydrogen (secondary N) is 1. The maximum Gasteiger partial charge on any atom is 0.0636 e. The van der Waals surface area contributed by atoms with Gasteiger partial charge in [0.15, 0.2) is 0 Å². The molecule has 0 aliphatic rings. The molecule has 16 heavy (non-hydrogen) atoms. The van der Waals surface area contributed by atoms with Crippen molar-refractivity contribution in [2.75, 3.05) is 6.54 Å². The fourth-order valence-corrected chi connectivity index (χ4v) is 1.97. The van der Waals surface area contributed by atoms with Crippen molar-refractivity contribution in [1.29, 1.82) is 0 Å². The van der Waals surface area contributed by atoms with Gasteiger partial charge in [0.2, 0.25) is 0 Å². The lowest BCUT2D eigenvalue weighted by atomic mass is 10.0. The second-order valence-corrected chi connectivity index (χ2v) is 4.95. The normalized spacial score (nSPS) is 13.3. The van der Waals surface area contributed by atoms with E-state index in [4.69, 9.17) is 0 Å². The third-order valence-electron chi connectivity index (χ3n) is 3.01. The van der Waals surface area contributed by atoms with Crippen molar-refractivity contribution in [3.05, 3.63) is 0 Å². The molecule has 2 heteroatoms. The van der Waals surface area contributed by atoms with Crippen molar-refractivity contribution in [3.63, 3.8) is 0 Å². The van der Waals surface area contributed by atoms with Gasteiger partial charge in [0.25, 0.3) is 0 Å². The molecule has 0 saturated carbocycles. The first-order valence-electron chi connectivity index (χ1n) is 7.12.